The molecule has 2 fully saturated rings. The van der Waals surface area contributed by atoms with Gasteiger partial charge in [-0.3, -0.25) is 19.7 Å². The number of allylic oxidation sites excluding steroid dienone is 5. The molecule has 0 bridgehead atoms. The van der Waals surface area contributed by atoms with E-state index in [1.165, 1.54) is 33.3 Å². The number of rotatable bonds is 14. The number of likely N-dealkylation sites (N-methyl/N-ethyl adjacent to an activating group) is 1. The van der Waals surface area contributed by atoms with Gasteiger partial charge in [-0.05, 0) is 138 Å². The summed E-state index contributed by atoms with van der Waals surface area (Å²) >= 11 is 0. The number of nitro groups is 1. The number of nitro benzene ring substituents is 1. The van der Waals surface area contributed by atoms with Gasteiger partial charge >= 0.3 is 5.69 Å². The third-order valence-corrected chi connectivity index (χ3v) is 19.8. The predicted molar refractivity (Wildman–Crippen MR) is 316 cm³/mol. The summed E-state index contributed by atoms with van der Waals surface area (Å²) < 4.78 is 8.11. The number of benzene rings is 5. The summed E-state index contributed by atoms with van der Waals surface area (Å²) in [5, 5.41) is 19.3. The Bertz CT molecular complexity index is 3640. The molecule has 11 rings (SSSR count). The highest BCUT2D eigenvalue weighted by molar-refractivity contribution is 6.98. The normalized spacial score (nSPS) is 16.6. The van der Waals surface area contributed by atoms with Crippen LogP contribution in [0.1, 0.15) is 47.2 Å². The molecule has 0 atom stereocenters. The average molecular weight is 1060 g/mol. The smallest absolute Gasteiger partial charge is 0.311 e. The largest absolute Gasteiger partial charge is 0.487 e. The summed E-state index contributed by atoms with van der Waals surface area (Å²) in [5.41, 5.74) is 13.7. The summed E-state index contributed by atoms with van der Waals surface area (Å²) in [5.74, 6) is 0.467. The van der Waals surface area contributed by atoms with Crippen LogP contribution in [-0.4, -0.2) is 148 Å². The number of aromatic amines is 2. The number of hydrogen-bond acceptors (Lipinski definition) is 9. The van der Waals surface area contributed by atoms with E-state index in [1.807, 2.05) is 35.2 Å². The number of piperidine rings is 1. The van der Waals surface area contributed by atoms with E-state index >= 15 is 0 Å². The molecular formula is C62H69N10O5Si+. The topological polar surface area (TPSA) is 159 Å². The summed E-state index contributed by atoms with van der Waals surface area (Å²) in [6.45, 7) is 10.7. The molecule has 2 amide bonds. The maximum Gasteiger partial charge on any atom is 0.311 e. The molecule has 3 N–H and O–H groups in total. The quantitative estimate of drug-likeness (QED) is 0.0317. The molecule has 15 nitrogen and oxygen atoms in total. The van der Waals surface area contributed by atoms with Crippen molar-refractivity contribution in [3.8, 4) is 28.4 Å². The highest BCUT2D eigenvalue weighted by Crippen LogP contribution is 2.43. The third-order valence-electron chi connectivity index (χ3n) is 16.3. The van der Waals surface area contributed by atoms with Crippen molar-refractivity contribution in [2.75, 3.05) is 97.5 Å². The van der Waals surface area contributed by atoms with E-state index < -0.39 is 13.0 Å². The van der Waals surface area contributed by atoms with Crippen LogP contribution >= 0.6 is 0 Å². The first-order valence-corrected chi connectivity index (χ1v) is 30.3. The molecule has 3 aliphatic heterocycles. The van der Waals surface area contributed by atoms with E-state index in [0.717, 1.165) is 81.9 Å². The van der Waals surface area contributed by atoms with Gasteiger partial charge < -0.3 is 39.6 Å². The highest BCUT2D eigenvalue weighted by Gasteiger charge is 2.41. The van der Waals surface area contributed by atoms with Gasteiger partial charge in [0.1, 0.15) is 28.0 Å². The van der Waals surface area contributed by atoms with Crippen molar-refractivity contribution in [1.29, 1.82) is 0 Å². The summed E-state index contributed by atoms with van der Waals surface area (Å²) in [6.07, 6.45) is 9.15. The molecule has 0 spiro atoms. The van der Waals surface area contributed by atoms with E-state index in [1.54, 1.807) is 12.1 Å². The van der Waals surface area contributed by atoms with Crippen LogP contribution in [0.5, 0.6) is 5.75 Å². The zero-order valence-electron chi connectivity index (χ0n) is 45.8. The number of carbonyl (C=O) groups is 2. The number of ether oxygens (including phenoxy) is 1. The molecule has 0 saturated carbocycles. The number of nitrogens with zero attached hydrogens (tertiary/aromatic N) is 7. The molecule has 0 unspecified atom stereocenters. The number of amides is 2. The van der Waals surface area contributed by atoms with Gasteiger partial charge in [0.05, 0.1) is 22.6 Å². The Morgan fingerprint density at radius 3 is 2.38 bits per heavy atom. The van der Waals surface area contributed by atoms with Crippen LogP contribution in [0.3, 0.4) is 0 Å². The third kappa shape index (κ3) is 10.2. The zero-order chi connectivity index (χ0) is 54.4. The number of unbranched alkanes of at least 4 members (excludes halogenated alkanes) is 1. The van der Waals surface area contributed by atoms with Crippen molar-refractivity contribution >= 4 is 75.4 Å². The first-order chi connectivity index (χ1) is 37.6. The fourth-order valence-corrected chi connectivity index (χ4v) is 14.7. The Kier molecular flexibility index (Phi) is 14.3. The van der Waals surface area contributed by atoms with Gasteiger partial charge in [0.2, 0.25) is 5.91 Å². The van der Waals surface area contributed by atoms with Crippen molar-refractivity contribution in [3.05, 3.63) is 159 Å². The fraction of sp³-hybridized carbons (Fsp3) is 0.323. The molecular weight excluding hydrogens is 993 g/mol. The minimum absolute atomic E-state index is 0.0171. The van der Waals surface area contributed by atoms with Crippen LogP contribution in [0.15, 0.2) is 132 Å². The Hall–Kier alpha value is -8.08. The number of fused-ring (bicyclic) bond motifs is 4. The van der Waals surface area contributed by atoms with Crippen molar-refractivity contribution in [2.45, 2.75) is 38.8 Å². The molecule has 5 aromatic carbocycles. The number of likely N-dealkylation sites (tertiary alicyclic amines) is 1. The summed E-state index contributed by atoms with van der Waals surface area (Å²) in [6, 6.07) is 34.5. The van der Waals surface area contributed by atoms with E-state index in [0.29, 0.717) is 62.3 Å². The number of nitrogens with one attached hydrogen (secondary N) is 3. The van der Waals surface area contributed by atoms with E-state index in [-0.39, 0.29) is 35.8 Å². The lowest BCUT2D eigenvalue weighted by molar-refractivity contribution is -0.462. The average Bonchev–Trinajstić information content (AvgIpc) is 4.20. The maximum atomic E-state index is 14.6. The van der Waals surface area contributed by atoms with Gasteiger partial charge in [-0.15, -0.1) is 0 Å². The second-order valence-electron chi connectivity index (χ2n) is 22.2. The van der Waals surface area contributed by atoms with Gasteiger partial charge in [0, 0.05) is 129 Å². The van der Waals surface area contributed by atoms with Crippen LogP contribution in [-0.2, 0) is 4.79 Å². The van der Waals surface area contributed by atoms with Gasteiger partial charge in [0.25, 0.3) is 5.91 Å². The molecule has 2 aromatic heterocycles. The molecule has 5 heterocycles. The van der Waals surface area contributed by atoms with Gasteiger partial charge in [0.15, 0.2) is 11.5 Å². The minimum atomic E-state index is -2.17. The van der Waals surface area contributed by atoms with Crippen LogP contribution in [0.2, 0.25) is 13.1 Å². The molecule has 0 radical (unpaired) electrons. The lowest BCUT2D eigenvalue weighted by atomic mass is 9.86. The standard InChI is InChI=1S/C62H68N10O5Si/c1-67(2)44-16-19-49-57(38-44)78(6,7)58-39-45(68(3)4)17-20-50(58)59(49)47-12-8-9-13-48(47)62(74)71-27-24-40(25-28-71)61(73)63-26-10-11-33-77-56-23-15-42(37-55(56)72(75)76)60-65-52-21-14-41(35-54(52)66-60)53-36-43-34-46(18-22-51(43)64-53)70-31-29-69(5)30-32-70/h8-9,12-23,34-40H,10-11,24-33H2,1-7H3,(H2,63,73,74)/p+1. The first-order valence-electron chi connectivity index (χ1n) is 27.3. The fourth-order valence-electron chi connectivity index (χ4n) is 11.6. The molecule has 2 saturated heterocycles. The second-order valence-corrected chi connectivity index (χ2v) is 26.5. The number of carbonyl (C=O) groups excluding carboxylic acids is 2. The summed E-state index contributed by atoms with van der Waals surface area (Å²) in [4.78, 5) is 60.5. The van der Waals surface area contributed by atoms with E-state index in [4.69, 9.17) is 9.72 Å². The first kappa shape index (κ1) is 52.0. The Labute approximate surface area is 456 Å². The number of imidazole rings is 1. The minimum Gasteiger partial charge on any atom is -0.487 e. The summed E-state index contributed by atoms with van der Waals surface area (Å²) in [7, 11) is 8.31. The van der Waals surface area contributed by atoms with Crippen LogP contribution in [0.25, 0.3) is 50.2 Å². The Morgan fingerprint density at radius 2 is 1.62 bits per heavy atom. The highest BCUT2D eigenvalue weighted by atomic mass is 28.3. The lowest BCUT2D eigenvalue weighted by Crippen LogP contribution is -2.50. The SMILES string of the molecule is CN1CCN(c2ccc3[nH]c(-c4ccc5nc(-c6ccc(OCCCCNC(=O)C7CCN(C(=O)c8ccccc8C8=C9C=CC(=[N+](C)C)C=C9[Si](C)(C)c9cc(N(C)C)ccc98)CC7)c([N+](=O)[O-])c6)[nH]c5c4)cc3c2)CC1. The van der Waals surface area contributed by atoms with E-state index in [2.05, 4.69) is 156 Å². The maximum absolute atomic E-state index is 14.6. The number of piperazine rings is 1. The van der Waals surface area contributed by atoms with Crippen molar-refractivity contribution in [3.63, 3.8) is 0 Å². The number of anilines is 2. The van der Waals surface area contributed by atoms with E-state index in [9.17, 15) is 19.7 Å². The lowest BCUT2D eigenvalue weighted by Gasteiger charge is -2.38. The Morgan fingerprint density at radius 1 is 0.833 bits per heavy atom. The number of aromatic nitrogens is 3. The molecule has 4 aliphatic rings. The van der Waals surface area contributed by atoms with Gasteiger partial charge in [-0.2, -0.15) is 0 Å². The monoisotopic (exact) mass is 1060 g/mol. The van der Waals surface area contributed by atoms with Gasteiger partial charge in [-0.1, -0.05) is 43.4 Å². The molecule has 78 heavy (non-hydrogen) atoms. The molecule has 1 aliphatic carbocycles. The van der Waals surface area contributed by atoms with Crippen LogP contribution < -0.4 is 25.0 Å². The molecule has 400 valence electrons. The van der Waals surface area contributed by atoms with Crippen LogP contribution in [0.4, 0.5) is 17.1 Å². The van der Waals surface area contributed by atoms with Crippen LogP contribution in [0, 0.1) is 16.0 Å². The van der Waals surface area contributed by atoms with Crippen molar-refractivity contribution in [2.24, 2.45) is 5.92 Å². The van der Waals surface area contributed by atoms with Crippen molar-refractivity contribution < 1.29 is 23.8 Å². The number of H-pyrrole nitrogens is 2. The zero-order valence-corrected chi connectivity index (χ0v) is 46.8. The van der Waals surface area contributed by atoms with Crippen molar-refractivity contribution in [1.82, 2.24) is 30.1 Å². The molecule has 16 heteroatoms. The predicted octanol–water partition coefficient (Wildman–Crippen LogP) is 9.41. The van der Waals surface area contributed by atoms with Gasteiger partial charge in [-0.25, -0.2) is 9.56 Å². The Balaban J connectivity index is 0.682. The second kappa shape index (κ2) is 21.4. The molecule has 7 aromatic rings. The number of hydrogen-bond donors (Lipinski definition) is 3.